The lowest BCUT2D eigenvalue weighted by Gasteiger charge is -2.19. The summed E-state index contributed by atoms with van der Waals surface area (Å²) in [6.45, 7) is 5.21. The summed E-state index contributed by atoms with van der Waals surface area (Å²) in [7, 11) is 2.22. The molecule has 5 heteroatoms. The van der Waals surface area contributed by atoms with Gasteiger partial charge in [0.2, 0.25) is 0 Å². The molecule has 0 radical (unpaired) electrons. The summed E-state index contributed by atoms with van der Waals surface area (Å²) in [5.74, 6) is 0.738. The molecule has 0 bridgehead atoms. The number of ether oxygens (including phenoxy) is 1. The lowest BCUT2D eigenvalue weighted by Crippen LogP contribution is -3.09. The molecular weight excluding hydrogens is 258 g/mol. The van der Waals surface area contributed by atoms with E-state index in [1.807, 2.05) is 0 Å². The highest BCUT2D eigenvalue weighted by molar-refractivity contribution is 6.99. The number of likely N-dealkylation sites (N-methyl/N-ethyl adjacent to an activating group) is 1. The molecule has 0 spiro atoms. The van der Waals surface area contributed by atoms with Crippen LogP contribution in [0.1, 0.15) is 44.7 Å². The molecule has 0 aliphatic carbocycles. The van der Waals surface area contributed by atoms with E-state index in [2.05, 4.69) is 28.8 Å². The minimum Gasteiger partial charge on any atom is -0.475 e. The van der Waals surface area contributed by atoms with Gasteiger partial charge in [0.05, 0.1) is 31.9 Å². The van der Waals surface area contributed by atoms with Crippen LogP contribution >= 0.6 is 11.7 Å². The van der Waals surface area contributed by atoms with Crippen molar-refractivity contribution in [1.82, 2.24) is 8.75 Å². The molecule has 1 aromatic rings. The van der Waals surface area contributed by atoms with Crippen LogP contribution in [0.3, 0.4) is 0 Å². The maximum atomic E-state index is 5.80. The minimum atomic E-state index is 0.738. The van der Waals surface area contributed by atoms with Gasteiger partial charge in [0.15, 0.2) is 0 Å². The van der Waals surface area contributed by atoms with Crippen molar-refractivity contribution < 1.29 is 9.64 Å². The second-order valence-corrected chi connectivity index (χ2v) is 5.76. The topological polar surface area (TPSA) is 39.5 Å². The van der Waals surface area contributed by atoms with Crippen LogP contribution in [0.5, 0.6) is 5.88 Å². The highest BCUT2D eigenvalue weighted by atomic mass is 32.1. The molecular formula is C14H24N3OS+. The van der Waals surface area contributed by atoms with Gasteiger partial charge in [-0.2, -0.15) is 4.37 Å². The summed E-state index contributed by atoms with van der Waals surface area (Å²) in [6.07, 6.45) is 8.28. The molecule has 1 N–H and O–H groups in total. The van der Waals surface area contributed by atoms with Crippen LogP contribution in [0.15, 0.2) is 6.08 Å². The van der Waals surface area contributed by atoms with Gasteiger partial charge in [0.25, 0.3) is 5.88 Å². The monoisotopic (exact) mass is 282 g/mol. The third-order valence-electron chi connectivity index (χ3n) is 3.45. The van der Waals surface area contributed by atoms with Crippen LogP contribution in [0.2, 0.25) is 0 Å². The van der Waals surface area contributed by atoms with Crippen molar-refractivity contribution in [1.29, 1.82) is 0 Å². The summed E-state index contributed by atoms with van der Waals surface area (Å²) in [6, 6.07) is 0. The van der Waals surface area contributed by atoms with E-state index in [0.29, 0.717) is 0 Å². The molecule has 4 nitrogen and oxygen atoms in total. The Hall–Kier alpha value is -0.940. The molecule has 1 aliphatic rings. The Kier molecular flexibility index (Phi) is 5.79. The average molecular weight is 282 g/mol. The summed E-state index contributed by atoms with van der Waals surface area (Å²) in [4.78, 5) is 1.53. The third-order valence-corrected chi connectivity index (χ3v) is 3.97. The zero-order valence-corrected chi connectivity index (χ0v) is 12.8. The molecule has 1 atom stereocenters. The molecule has 106 valence electrons. The van der Waals surface area contributed by atoms with Gasteiger partial charge in [-0.25, -0.2) is 0 Å². The van der Waals surface area contributed by atoms with Crippen molar-refractivity contribution in [3.8, 4) is 5.88 Å². The van der Waals surface area contributed by atoms with Crippen LogP contribution < -0.4 is 9.64 Å². The first-order chi connectivity index (χ1) is 9.31. The van der Waals surface area contributed by atoms with E-state index in [1.165, 1.54) is 48.0 Å². The highest BCUT2D eigenvalue weighted by Gasteiger charge is 2.20. The molecule has 0 saturated carbocycles. The van der Waals surface area contributed by atoms with E-state index in [1.54, 1.807) is 0 Å². The number of hydrogen-bond donors (Lipinski definition) is 1. The molecule has 0 fully saturated rings. The Balaban J connectivity index is 1.88. The second-order valence-electron chi connectivity index (χ2n) is 5.23. The lowest BCUT2D eigenvalue weighted by molar-refractivity contribution is -0.872. The first kappa shape index (κ1) is 14.5. The fourth-order valence-corrected chi connectivity index (χ4v) is 2.86. The van der Waals surface area contributed by atoms with Gasteiger partial charge in [-0.05, 0) is 6.42 Å². The Morgan fingerprint density at radius 3 is 3.00 bits per heavy atom. The van der Waals surface area contributed by atoms with E-state index < -0.39 is 0 Å². The molecule has 2 heterocycles. The largest absolute Gasteiger partial charge is 0.475 e. The average Bonchev–Trinajstić information content (AvgIpc) is 2.87. The molecule has 0 saturated heterocycles. The Morgan fingerprint density at radius 1 is 1.32 bits per heavy atom. The van der Waals surface area contributed by atoms with Crippen LogP contribution in [0, 0.1) is 0 Å². The summed E-state index contributed by atoms with van der Waals surface area (Å²) >= 11 is 1.25. The lowest BCUT2D eigenvalue weighted by atomic mass is 10.1. The highest BCUT2D eigenvalue weighted by Crippen LogP contribution is 2.24. The van der Waals surface area contributed by atoms with Gasteiger partial charge < -0.3 is 9.64 Å². The second kappa shape index (κ2) is 7.60. The Morgan fingerprint density at radius 2 is 2.21 bits per heavy atom. The van der Waals surface area contributed by atoms with E-state index in [4.69, 9.17) is 4.74 Å². The Bertz CT molecular complexity index is 417. The van der Waals surface area contributed by atoms with Crippen molar-refractivity contribution in [3.05, 3.63) is 11.8 Å². The fraction of sp³-hybridized carbons (Fsp3) is 0.714. The first-order valence-corrected chi connectivity index (χ1v) is 8.00. The zero-order valence-electron chi connectivity index (χ0n) is 11.9. The molecule has 0 aromatic carbocycles. The maximum absolute atomic E-state index is 5.80. The van der Waals surface area contributed by atoms with Gasteiger partial charge in [-0.15, -0.1) is 4.37 Å². The quantitative estimate of drug-likeness (QED) is 0.775. The van der Waals surface area contributed by atoms with Gasteiger partial charge in [-0.1, -0.05) is 32.3 Å². The van der Waals surface area contributed by atoms with Gasteiger partial charge in [-0.3, -0.25) is 0 Å². The molecule has 19 heavy (non-hydrogen) atoms. The number of rotatable bonds is 7. The predicted octanol–water partition coefficient (Wildman–Crippen LogP) is 1.80. The molecule has 2 rings (SSSR count). The molecule has 0 amide bonds. The number of nitrogens with one attached hydrogen (secondary N) is 1. The van der Waals surface area contributed by atoms with Gasteiger partial charge in [0, 0.05) is 12.0 Å². The van der Waals surface area contributed by atoms with Crippen molar-refractivity contribution >= 4 is 17.3 Å². The van der Waals surface area contributed by atoms with E-state index >= 15 is 0 Å². The first-order valence-electron chi connectivity index (χ1n) is 7.27. The summed E-state index contributed by atoms with van der Waals surface area (Å²) in [5, 5.41) is 0. The normalized spacial score (nSPS) is 19.3. The van der Waals surface area contributed by atoms with Crippen molar-refractivity contribution in [2.75, 3.05) is 26.7 Å². The number of unbranched alkanes of at least 4 members (excludes halogenated alkanes) is 3. The summed E-state index contributed by atoms with van der Waals surface area (Å²) in [5.41, 5.74) is 2.26. The van der Waals surface area contributed by atoms with E-state index in [-0.39, 0.29) is 0 Å². The molecule has 1 aromatic heterocycles. The molecule has 1 aliphatic heterocycles. The maximum Gasteiger partial charge on any atom is 0.253 e. The van der Waals surface area contributed by atoms with Crippen LogP contribution in [-0.2, 0) is 0 Å². The van der Waals surface area contributed by atoms with Crippen molar-refractivity contribution in [3.63, 3.8) is 0 Å². The van der Waals surface area contributed by atoms with Crippen molar-refractivity contribution in [2.45, 2.75) is 39.0 Å². The number of aromatic nitrogens is 2. The SMILES string of the molecule is CCCCCCOc1nsnc1C1=CCC[NH+](C)C1. The summed E-state index contributed by atoms with van der Waals surface area (Å²) < 4.78 is 14.5. The standard InChI is InChI=1S/C14H23N3OS/c1-3-4-5-6-10-18-14-13(15-19-16-14)12-8-7-9-17(2)11-12/h8H,3-7,9-11H2,1-2H3/p+1. The smallest absolute Gasteiger partial charge is 0.253 e. The fourth-order valence-electron chi connectivity index (χ4n) is 2.33. The van der Waals surface area contributed by atoms with Crippen LogP contribution in [-0.4, -0.2) is 35.5 Å². The van der Waals surface area contributed by atoms with Crippen LogP contribution in [0.25, 0.3) is 5.57 Å². The van der Waals surface area contributed by atoms with Gasteiger partial charge in [0.1, 0.15) is 12.2 Å². The third kappa shape index (κ3) is 4.28. The van der Waals surface area contributed by atoms with Gasteiger partial charge >= 0.3 is 0 Å². The predicted molar refractivity (Wildman–Crippen MR) is 78.8 cm³/mol. The number of quaternary nitrogens is 1. The van der Waals surface area contributed by atoms with E-state index in [0.717, 1.165) is 37.6 Å². The van der Waals surface area contributed by atoms with Crippen molar-refractivity contribution in [2.24, 2.45) is 0 Å². The minimum absolute atomic E-state index is 0.738. The number of hydrogen-bond acceptors (Lipinski definition) is 4. The van der Waals surface area contributed by atoms with Crippen LogP contribution in [0.4, 0.5) is 0 Å². The molecule has 1 unspecified atom stereocenters. The zero-order chi connectivity index (χ0) is 13.5. The van der Waals surface area contributed by atoms with E-state index in [9.17, 15) is 0 Å². The Labute approximate surface area is 119 Å². The number of nitrogens with zero attached hydrogens (tertiary/aromatic N) is 2.